The average molecular weight is 281 g/mol. The molecule has 21 heavy (non-hydrogen) atoms. The normalized spacial score (nSPS) is 16.5. The number of carbonyl (C=O) groups is 1. The average Bonchev–Trinajstić information content (AvgIpc) is 2.75. The van der Waals surface area contributed by atoms with Crippen LogP contribution in [0.1, 0.15) is 24.1 Å². The zero-order valence-corrected chi connectivity index (χ0v) is 12.3. The molecule has 0 fully saturated rings. The first kappa shape index (κ1) is 13.6. The van der Waals surface area contributed by atoms with Crippen LogP contribution >= 0.6 is 0 Å². The van der Waals surface area contributed by atoms with Gasteiger partial charge in [-0.25, -0.2) is 0 Å². The van der Waals surface area contributed by atoms with Gasteiger partial charge >= 0.3 is 0 Å². The van der Waals surface area contributed by atoms with E-state index in [1.165, 1.54) is 5.56 Å². The summed E-state index contributed by atoms with van der Waals surface area (Å²) in [5.41, 5.74) is 11.0. The number of nitrogens with one attached hydrogen (secondary N) is 1. The predicted molar refractivity (Wildman–Crippen MR) is 85.9 cm³/mol. The molecule has 0 aliphatic carbocycles. The maximum absolute atomic E-state index is 11.6. The van der Waals surface area contributed by atoms with Crippen LogP contribution in [0.5, 0.6) is 0 Å². The van der Waals surface area contributed by atoms with E-state index in [1.54, 1.807) is 0 Å². The van der Waals surface area contributed by atoms with Crippen molar-refractivity contribution in [3.05, 3.63) is 53.6 Å². The Hall–Kier alpha value is -2.33. The minimum Gasteiger partial charge on any atom is -0.342 e. The van der Waals surface area contributed by atoms with Crippen molar-refractivity contribution in [3.63, 3.8) is 0 Å². The van der Waals surface area contributed by atoms with E-state index in [4.69, 9.17) is 5.73 Å². The lowest BCUT2D eigenvalue weighted by molar-refractivity contribution is -0.116. The number of benzene rings is 2. The first-order valence-electron chi connectivity index (χ1n) is 7.14. The smallest absolute Gasteiger partial charge is 0.245 e. The topological polar surface area (TPSA) is 58.4 Å². The molecule has 0 saturated carbocycles. The Labute approximate surface area is 124 Å². The van der Waals surface area contributed by atoms with Gasteiger partial charge in [0.25, 0.3) is 0 Å². The number of hydrogen-bond acceptors (Lipinski definition) is 3. The second-order valence-electron chi connectivity index (χ2n) is 5.32. The molecule has 2 aromatic carbocycles. The fraction of sp³-hybridized carbons (Fsp3) is 0.235. The van der Waals surface area contributed by atoms with Gasteiger partial charge in [0.05, 0.1) is 0 Å². The molecule has 2 aromatic rings. The molecule has 0 saturated heterocycles. The Kier molecular flexibility index (Phi) is 3.39. The van der Waals surface area contributed by atoms with Crippen LogP contribution < -0.4 is 16.0 Å². The van der Waals surface area contributed by atoms with Crippen LogP contribution in [0.3, 0.4) is 0 Å². The number of fused-ring (bicyclic) bond motifs is 1. The molecule has 1 unspecified atom stereocenters. The Bertz CT molecular complexity index is 696. The molecule has 0 bridgehead atoms. The quantitative estimate of drug-likeness (QED) is 0.909. The SMILES string of the molecule is CCN(c1cccc(C)c1)c1ccc2c(c1)NC(=O)C2N. The highest BCUT2D eigenvalue weighted by atomic mass is 16.2. The number of anilines is 3. The Morgan fingerprint density at radius 2 is 1.95 bits per heavy atom. The zero-order chi connectivity index (χ0) is 15.0. The van der Waals surface area contributed by atoms with Crippen LogP contribution in [-0.2, 0) is 4.79 Å². The van der Waals surface area contributed by atoms with Crippen molar-refractivity contribution < 1.29 is 4.79 Å². The second kappa shape index (κ2) is 5.22. The molecule has 3 N–H and O–H groups in total. The summed E-state index contributed by atoms with van der Waals surface area (Å²) in [5.74, 6) is -0.138. The minimum atomic E-state index is -0.553. The number of rotatable bonds is 3. The minimum absolute atomic E-state index is 0.138. The summed E-state index contributed by atoms with van der Waals surface area (Å²) in [7, 11) is 0. The first-order valence-corrected chi connectivity index (χ1v) is 7.14. The van der Waals surface area contributed by atoms with Crippen LogP contribution in [0.15, 0.2) is 42.5 Å². The maximum atomic E-state index is 11.6. The monoisotopic (exact) mass is 281 g/mol. The molecule has 1 aliphatic rings. The Morgan fingerprint density at radius 3 is 2.67 bits per heavy atom. The molecule has 1 amide bonds. The highest BCUT2D eigenvalue weighted by molar-refractivity contribution is 6.03. The summed E-state index contributed by atoms with van der Waals surface area (Å²) in [5, 5.41) is 2.84. The summed E-state index contributed by atoms with van der Waals surface area (Å²) in [6.45, 7) is 5.04. The van der Waals surface area contributed by atoms with E-state index in [1.807, 2.05) is 18.2 Å². The Morgan fingerprint density at radius 1 is 1.19 bits per heavy atom. The largest absolute Gasteiger partial charge is 0.342 e. The number of hydrogen-bond donors (Lipinski definition) is 2. The summed E-state index contributed by atoms with van der Waals surface area (Å²) in [4.78, 5) is 13.9. The summed E-state index contributed by atoms with van der Waals surface area (Å²) >= 11 is 0. The van der Waals surface area contributed by atoms with Gasteiger partial charge in [-0.05, 0) is 43.7 Å². The van der Waals surface area contributed by atoms with Crippen molar-refractivity contribution in [3.8, 4) is 0 Å². The zero-order valence-electron chi connectivity index (χ0n) is 12.3. The van der Waals surface area contributed by atoms with Crippen LogP contribution in [-0.4, -0.2) is 12.5 Å². The third-order valence-corrected chi connectivity index (χ3v) is 3.85. The first-order chi connectivity index (χ1) is 10.1. The van der Waals surface area contributed by atoms with Crippen molar-refractivity contribution in [2.24, 2.45) is 5.73 Å². The maximum Gasteiger partial charge on any atom is 0.245 e. The van der Waals surface area contributed by atoms with Gasteiger partial charge in [-0.2, -0.15) is 0 Å². The molecule has 4 heteroatoms. The lowest BCUT2D eigenvalue weighted by Crippen LogP contribution is -2.19. The van der Waals surface area contributed by atoms with Crippen molar-refractivity contribution in [2.45, 2.75) is 19.9 Å². The number of aryl methyl sites for hydroxylation is 1. The lowest BCUT2D eigenvalue weighted by Gasteiger charge is -2.24. The fourth-order valence-electron chi connectivity index (χ4n) is 2.75. The van der Waals surface area contributed by atoms with Crippen molar-refractivity contribution in [2.75, 3.05) is 16.8 Å². The summed E-state index contributed by atoms with van der Waals surface area (Å²) in [6, 6.07) is 13.8. The number of carbonyl (C=O) groups excluding carboxylic acids is 1. The Balaban J connectivity index is 2.00. The van der Waals surface area contributed by atoms with E-state index in [2.05, 4.69) is 48.3 Å². The summed E-state index contributed by atoms with van der Waals surface area (Å²) in [6.07, 6.45) is 0. The molecule has 0 radical (unpaired) electrons. The van der Waals surface area contributed by atoms with Gasteiger partial charge in [0.1, 0.15) is 6.04 Å². The predicted octanol–water partition coefficient (Wildman–Crippen LogP) is 3.10. The van der Waals surface area contributed by atoms with E-state index in [9.17, 15) is 4.79 Å². The van der Waals surface area contributed by atoms with Gasteiger partial charge in [-0.3, -0.25) is 4.79 Å². The molecular weight excluding hydrogens is 262 g/mol. The van der Waals surface area contributed by atoms with E-state index in [-0.39, 0.29) is 5.91 Å². The van der Waals surface area contributed by atoms with Crippen LogP contribution in [0.4, 0.5) is 17.1 Å². The summed E-state index contributed by atoms with van der Waals surface area (Å²) < 4.78 is 0. The van der Waals surface area contributed by atoms with Crippen molar-refractivity contribution >= 4 is 23.0 Å². The number of amides is 1. The highest BCUT2D eigenvalue weighted by Crippen LogP contribution is 2.35. The number of nitrogens with zero attached hydrogens (tertiary/aromatic N) is 1. The third kappa shape index (κ3) is 2.38. The van der Waals surface area contributed by atoms with Gasteiger partial charge in [0.2, 0.25) is 5.91 Å². The molecule has 1 heterocycles. The van der Waals surface area contributed by atoms with E-state index < -0.39 is 6.04 Å². The highest BCUT2D eigenvalue weighted by Gasteiger charge is 2.27. The molecule has 3 rings (SSSR count). The molecule has 108 valence electrons. The molecule has 0 spiro atoms. The van der Waals surface area contributed by atoms with Crippen molar-refractivity contribution in [1.82, 2.24) is 0 Å². The van der Waals surface area contributed by atoms with Gasteiger partial charge < -0.3 is 16.0 Å². The molecule has 1 atom stereocenters. The lowest BCUT2D eigenvalue weighted by atomic mass is 10.1. The molecular formula is C17H19N3O. The van der Waals surface area contributed by atoms with Gasteiger partial charge in [-0.1, -0.05) is 18.2 Å². The molecule has 1 aliphatic heterocycles. The van der Waals surface area contributed by atoms with Gasteiger partial charge in [-0.15, -0.1) is 0 Å². The molecule has 0 aromatic heterocycles. The van der Waals surface area contributed by atoms with Crippen molar-refractivity contribution in [1.29, 1.82) is 0 Å². The second-order valence-corrected chi connectivity index (χ2v) is 5.32. The molecule has 4 nitrogen and oxygen atoms in total. The van der Waals surface area contributed by atoms with E-state index >= 15 is 0 Å². The van der Waals surface area contributed by atoms with E-state index in [0.29, 0.717) is 0 Å². The fourth-order valence-corrected chi connectivity index (χ4v) is 2.75. The van der Waals surface area contributed by atoms with Crippen LogP contribution in [0, 0.1) is 6.92 Å². The van der Waals surface area contributed by atoms with Gasteiger partial charge in [0.15, 0.2) is 0 Å². The third-order valence-electron chi connectivity index (χ3n) is 3.85. The number of nitrogens with two attached hydrogens (primary N) is 1. The van der Waals surface area contributed by atoms with Crippen LogP contribution in [0.25, 0.3) is 0 Å². The van der Waals surface area contributed by atoms with Gasteiger partial charge in [0, 0.05) is 29.2 Å². The van der Waals surface area contributed by atoms with Crippen LogP contribution in [0.2, 0.25) is 0 Å². The van der Waals surface area contributed by atoms with E-state index in [0.717, 1.165) is 29.2 Å². The standard InChI is InChI=1S/C17H19N3O/c1-3-20(12-6-4-5-11(2)9-12)13-7-8-14-15(10-13)19-17(21)16(14)18/h4-10,16H,3,18H2,1-2H3,(H,19,21).